The standard InChI is InChI=1S/C16H23N3O2/c1-2-17-6-4-8-18-15-12-14(21-10-9-20)11-13-5-3-7-19-16(13)15/h3,5,7,11-12,17-18,20H,2,4,6,8-10H2,1H3. The van der Waals surface area contributed by atoms with Crippen LogP contribution in [0.15, 0.2) is 30.5 Å². The van der Waals surface area contributed by atoms with Crippen LogP contribution in [0.5, 0.6) is 5.75 Å². The number of pyridine rings is 1. The maximum atomic E-state index is 8.87. The Bertz CT molecular complexity index is 560. The monoisotopic (exact) mass is 289 g/mol. The van der Waals surface area contributed by atoms with Crippen LogP contribution in [0.1, 0.15) is 13.3 Å². The molecular formula is C16H23N3O2. The molecule has 0 radical (unpaired) electrons. The Morgan fingerprint density at radius 3 is 3.00 bits per heavy atom. The minimum atomic E-state index is 0.0104. The van der Waals surface area contributed by atoms with Gasteiger partial charge in [0.2, 0.25) is 0 Å². The molecule has 3 N–H and O–H groups in total. The van der Waals surface area contributed by atoms with Gasteiger partial charge in [-0.3, -0.25) is 4.98 Å². The third-order valence-corrected chi connectivity index (χ3v) is 3.13. The highest BCUT2D eigenvalue weighted by Crippen LogP contribution is 2.27. The second-order valence-corrected chi connectivity index (χ2v) is 4.75. The first-order chi connectivity index (χ1) is 10.3. The van der Waals surface area contributed by atoms with Crippen LogP contribution in [-0.4, -0.2) is 42.9 Å². The van der Waals surface area contributed by atoms with Gasteiger partial charge in [0.05, 0.1) is 17.8 Å². The Morgan fingerprint density at radius 1 is 1.29 bits per heavy atom. The molecule has 0 saturated carbocycles. The molecule has 1 aromatic heterocycles. The summed E-state index contributed by atoms with van der Waals surface area (Å²) in [5.74, 6) is 0.749. The van der Waals surface area contributed by atoms with Gasteiger partial charge in [0.1, 0.15) is 12.4 Å². The van der Waals surface area contributed by atoms with Gasteiger partial charge in [-0.2, -0.15) is 0 Å². The molecule has 5 nitrogen and oxygen atoms in total. The normalized spacial score (nSPS) is 10.8. The Balaban J connectivity index is 2.11. The van der Waals surface area contributed by atoms with E-state index in [1.54, 1.807) is 6.20 Å². The molecular weight excluding hydrogens is 266 g/mol. The summed E-state index contributed by atoms with van der Waals surface area (Å²) in [4.78, 5) is 4.43. The Kier molecular flexibility index (Phi) is 6.24. The third-order valence-electron chi connectivity index (χ3n) is 3.13. The molecule has 0 aliphatic rings. The summed E-state index contributed by atoms with van der Waals surface area (Å²) in [6.07, 6.45) is 2.84. The molecule has 2 aromatic rings. The summed E-state index contributed by atoms with van der Waals surface area (Å²) in [6.45, 7) is 5.28. The number of aliphatic hydroxyl groups excluding tert-OH is 1. The Morgan fingerprint density at radius 2 is 2.19 bits per heavy atom. The Hall–Kier alpha value is -1.85. The molecule has 2 rings (SSSR count). The first kappa shape index (κ1) is 15.5. The van der Waals surface area contributed by atoms with Crippen LogP contribution in [0.4, 0.5) is 5.69 Å². The zero-order valence-corrected chi connectivity index (χ0v) is 12.4. The van der Waals surface area contributed by atoms with Gasteiger partial charge in [0, 0.05) is 24.2 Å². The Labute approximate surface area is 125 Å². The lowest BCUT2D eigenvalue weighted by Gasteiger charge is -2.12. The maximum Gasteiger partial charge on any atom is 0.122 e. The molecule has 0 amide bonds. The molecule has 1 aromatic carbocycles. The molecule has 0 aliphatic carbocycles. The number of ether oxygens (including phenoxy) is 1. The number of aromatic nitrogens is 1. The fourth-order valence-electron chi connectivity index (χ4n) is 2.16. The highest BCUT2D eigenvalue weighted by Gasteiger charge is 2.05. The summed E-state index contributed by atoms with van der Waals surface area (Å²) in [6, 6.07) is 7.81. The van der Waals surface area contributed by atoms with E-state index in [2.05, 4.69) is 22.5 Å². The van der Waals surface area contributed by atoms with Crippen molar-refractivity contribution in [3.63, 3.8) is 0 Å². The molecule has 0 fully saturated rings. The van der Waals surface area contributed by atoms with Gasteiger partial charge in [0.15, 0.2) is 0 Å². The van der Waals surface area contributed by atoms with E-state index < -0.39 is 0 Å². The predicted molar refractivity (Wildman–Crippen MR) is 86.0 cm³/mol. The summed E-state index contributed by atoms with van der Waals surface area (Å²) < 4.78 is 5.52. The molecule has 0 spiro atoms. The van der Waals surface area contributed by atoms with E-state index in [-0.39, 0.29) is 6.61 Å². The third kappa shape index (κ3) is 4.58. The second-order valence-electron chi connectivity index (χ2n) is 4.75. The number of hydrogen-bond donors (Lipinski definition) is 3. The maximum absolute atomic E-state index is 8.87. The van der Waals surface area contributed by atoms with E-state index in [0.29, 0.717) is 6.61 Å². The minimum Gasteiger partial charge on any atom is -0.491 e. The zero-order chi connectivity index (χ0) is 14.9. The average molecular weight is 289 g/mol. The van der Waals surface area contributed by atoms with Crippen molar-refractivity contribution in [1.29, 1.82) is 0 Å². The van der Waals surface area contributed by atoms with Crippen molar-refractivity contribution in [2.75, 3.05) is 38.2 Å². The highest BCUT2D eigenvalue weighted by molar-refractivity contribution is 5.91. The molecule has 1 heterocycles. The summed E-state index contributed by atoms with van der Waals surface area (Å²) in [5, 5.41) is 16.6. The van der Waals surface area contributed by atoms with Crippen molar-refractivity contribution in [1.82, 2.24) is 10.3 Å². The lowest BCUT2D eigenvalue weighted by molar-refractivity contribution is 0.201. The van der Waals surface area contributed by atoms with Crippen molar-refractivity contribution in [3.05, 3.63) is 30.5 Å². The number of aliphatic hydroxyl groups is 1. The molecule has 0 unspecified atom stereocenters. The summed E-state index contributed by atoms with van der Waals surface area (Å²) in [5.41, 5.74) is 1.91. The smallest absolute Gasteiger partial charge is 0.122 e. The highest BCUT2D eigenvalue weighted by atomic mass is 16.5. The first-order valence-corrected chi connectivity index (χ1v) is 7.42. The van der Waals surface area contributed by atoms with Crippen LogP contribution in [-0.2, 0) is 0 Å². The predicted octanol–water partition coefficient (Wildman–Crippen LogP) is 2.02. The van der Waals surface area contributed by atoms with Gasteiger partial charge in [-0.15, -0.1) is 0 Å². The van der Waals surface area contributed by atoms with Gasteiger partial charge in [-0.1, -0.05) is 13.0 Å². The van der Waals surface area contributed by atoms with Crippen molar-refractivity contribution < 1.29 is 9.84 Å². The van der Waals surface area contributed by atoms with Crippen LogP contribution < -0.4 is 15.4 Å². The first-order valence-electron chi connectivity index (χ1n) is 7.42. The average Bonchev–Trinajstić information content (AvgIpc) is 2.52. The summed E-state index contributed by atoms with van der Waals surface area (Å²) in [7, 11) is 0. The number of benzene rings is 1. The fourth-order valence-corrected chi connectivity index (χ4v) is 2.16. The molecule has 0 aliphatic heterocycles. The second kappa shape index (κ2) is 8.44. The fraction of sp³-hybridized carbons (Fsp3) is 0.438. The molecule has 0 bridgehead atoms. The molecule has 0 saturated heterocycles. The SMILES string of the molecule is CCNCCCNc1cc(OCCO)cc2cccnc12. The largest absolute Gasteiger partial charge is 0.491 e. The van der Waals surface area contributed by atoms with E-state index in [9.17, 15) is 0 Å². The molecule has 0 atom stereocenters. The number of rotatable bonds is 9. The lowest BCUT2D eigenvalue weighted by Crippen LogP contribution is -2.17. The van der Waals surface area contributed by atoms with Crippen LogP contribution >= 0.6 is 0 Å². The van der Waals surface area contributed by atoms with Crippen LogP contribution in [0.2, 0.25) is 0 Å². The zero-order valence-electron chi connectivity index (χ0n) is 12.4. The van der Waals surface area contributed by atoms with E-state index in [0.717, 1.165) is 48.4 Å². The van der Waals surface area contributed by atoms with E-state index >= 15 is 0 Å². The topological polar surface area (TPSA) is 66.4 Å². The quantitative estimate of drug-likeness (QED) is 0.616. The van der Waals surface area contributed by atoms with Crippen LogP contribution in [0, 0.1) is 0 Å². The van der Waals surface area contributed by atoms with Crippen molar-refractivity contribution in [3.8, 4) is 5.75 Å². The van der Waals surface area contributed by atoms with Gasteiger partial charge >= 0.3 is 0 Å². The van der Waals surface area contributed by atoms with Gasteiger partial charge < -0.3 is 20.5 Å². The number of fused-ring (bicyclic) bond motifs is 1. The van der Waals surface area contributed by atoms with Crippen molar-refractivity contribution >= 4 is 16.6 Å². The molecule has 21 heavy (non-hydrogen) atoms. The molecule has 5 heteroatoms. The number of nitrogens with one attached hydrogen (secondary N) is 2. The van der Waals surface area contributed by atoms with Crippen LogP contribution in [0.25, 0.3) is 10.9 Å². The minimum absolute atomic E-state index is 0.0104. The van der Waals surface area contributed by atoms with Gasteiger partial charge in [-0.25, -0.2) is 0 Å². The van der Waals surface area contributed by atoms with E-state index in [1.807, 2.05) is 24.3 Å². The van der Waals surface area contributed by atoms with E-state index in [1.165, 1.54) is 0 Å². The number of anilines is 1. The number of nitrogens with zero attached hydrogens (tertiary/aromatic N) is 1. The molecule has 114 valence electrons. The summed E-state index contributed by atoms with van der Waals surface area (Å²) >= 11 is 0. The van der Waals surface area contributed by atoms with E-state index in [4.69, 9.17) is 9.84 Å². The van der Waals surface area contributed by atoms with Gasteiger partial charge in [0.25, 0.3) is 0 Å². The van der Waals surface area contributed by atoms with Crippen molar-refractivity contribution in [2.24, 2.45) is 0 Å². The number of hydrogen-bond acceptors (Lipinski definition) is 5. The lowest BCUT2D eigenvalue weighted by atomic mass is 10.1. The van der Waals surface area contributed by atoms with Crippen LogP contribution in [0.3, 0.4) is 0 Å². The van der Waals surface area contributed by atoms with Crippen molar-refractivity contribution in [2.45, 2.75) is 13.3 Å². The van der Waals surface area contributed by atoms with Gasteiger partial charge in [-0.05, 0) is 31.6 Å².